The SMILES string of the molecule is CN=C(NCCCC(=O)Nc1ccc(Cl)cc1)NCc1ccc(C)s1. The molecule has 0 spiro atoms. The fourth-order valence-corrected chi connectivity index (χ4v) is 3.14. The van der Waals surface area contributed by atoms with Gasteiger partial charge in [0.05, 0.1) is 6.54 Å². The van der Waals surface area contributed by atoms with Crippen LogP contribution < -0.4 is 16.0 Å². The van der Waals surface area contributed by atoms with Gasteiger partial charge in [-0.15, -0.1) is 11.3 Å². The Morgan fingerprint density at radius 2 is 1.92 bits per heavy atom. The van der Waals surface area contributed by atoms with Crippen LogP contribution in [0.4, 0.5) is 5.69 Å². The molecule has 0 bridgehead atoms. The number of thiophene rings is 1. The van der Waals surface area contributed by atoms with Crippen LogP contribution in [-0.2, 0) is 11.3 Å². The lowest BCUT2D eigenvalue weighted by Gasteiger charge is -2.11. The van der Waals surface area contributed by atoms with Crippen molar-refractivity contribution in [2.75, 3.05) is 18.9 Å². The Kier molecular flexibility index (Phi) is 7.76. The molecular weight excluding hydrogens is 356 g/mol. The second-order valence-electron chi connectivity index (χ2n) is 5.52. The number of aryl methyl sites for hydroxylation is 1. The predicted octanol–water partition coefficient (Wildman–Crippen LogP) is 3.79. The highest BCUT2D eigenvalue weighted by Gasteiger charge is 2.04. The topological polar surface area (TPSA) is 65.5 Å². The van der Waals surface area contributed by atoms with Gasteiger partial charge in [0.1, 0.15) is 0 Å². The van der Waals surface area contributed by atoms with E-state index in [-0.39, 0.29) is 5.91 Å². The van der Waals surface area contributed by atoms with Gasteiger partial charge in [-0.05, 0) is 49.7 Å². The number of hydrogen-bond donors (Lipinski definition) is 3. The van der Waals surface area contributed by atoms with Crippen molar-refractivity contribution in [3.63, 3.8) is 0 Å². The van der Waals surface area contributed by atoms with Crippen molar-refractivity contribution in [2.45, 2.75) is 26.3 Å². The summed E-state index contributed by atoms with van der Waals surface area (Å²) in [4.78, 5) is 18.7. The largest absolute Gasteiger partial charge is 0.356 e. The van der Waals surface area contributed by atoms with Crippen LogP contribution in [0.5, 0.6) is 0 Å². The summed E-state index contributed by atoms with van der Waals surface area (Å²) in [6.07, 6.45) is 1.16. The molecule has 0 saturated carbocycles. The van der Waals surface area contributed by atoms with Gasteiger partial charge < -0.3 is 16.0 Å². The average molecular weight is 379 g/mol. The summed E-state index contributed by atoms with van der Waals surface area (Å²) < 4.78 is 0. The van der Waals surface area contributed by atoms with Crippen molar-refractivity contribution in [3.8, 4) is 0 Å². The third-order valence-electron chi connectivity index (χ3n) is 3.45. The molecule has 0 radical (unpaired) electrons. The molecule has 2 aromatic rings. The summed E-state index contributed by atoms with van der Waals surface area (Å²) in [7, 11) is 1.74. The fourth-order valence-electron chi connectivity index (χ4n) is 2.18. The van der Waals surface area contributed by atoms with Crippen molar-refractivity contribution in [3.05, 3.63) is 51.2 Å². The maximum atomic E-state index is 11.9. The van der Waals surface area contributed by atoms with Crippen molar-refractivity contribution in [1.82, 2.24) is 10.6 Å². The van der Waals surface area contributed by atoms with Crippen LogP contribution in [0.1, 0.15) is 22.6 Å². The van der Waals surface area contributed by atoms with Crippen molar-refractivity contribution >= 4 is 40.5 Å². The highest BCUT2D eigenvalue weighted by molar-refractivity contribution is 7.11. The Bertz CT molecular complexity index is 712. The molecule has 5 nitrogen and oxygen atoms in total. The van der Waals surface area contributed by atoms with Gasteiger partial charge in [0.2, 0.25) is 5.91 Å². The van der Waals surface area contributed by atoms with E-state index in [1.54, 1.807) is 42.6 Å². The zero-order valence-electron chi connectivity index (χ0n) is 14.4. The molecule has 3 N–H and O–H groups in total. The first-order valence-corrected chi connectivity index (χ1v) is 9.31. The van der Waals surface area contributed by atoms with Gasteiger partial charge >= 0.3 is 0 Å². The first-order chi connectivity index (χ1) is 12.1. The van der Waals surface area contributed by atoms with E-state index in [1.165, 1.54) is 9.75 Å². The van der Waals surface area contributed by atoms with Gasteiger partial charge in [0.15, 0.2) is 5.96 Å². The number of benzene rings is 1. The molecule has 0 unspecified atom stereocenters. The predicted molar refractivity (Wildman–Crippen MR) is 107 cm³/mol. The molecule has 0 aliphatic carbocycles. The maximum Gasteiger partial charge on any atom is 0.224 e. The second-order valence-corrected chi connectivity index (χ2v) is 7.33. The number of carbonyl (C=O) groups is 1. The third kappa shape index (κ3) is 7.15. The number of hydrogen-bond acceptors (Lipinski definition) is 3. The van der Waals surface area contributed by atoms with E-state index in [9.17, 15) is 4.79 Å². The van der Waals surface area contributed by atoms with Crippen LogP contribution in [0.25, 0.3) is 0 Å². The molecule has 0 atom stereocenters. The van der Waals surface area contributed by atoms with Crippen LogP contribution in [-0.4, -0.2) is 25.5 Å². The molecular formula is C18H23ClN4OS. The summed E-state index contributed by atoms with van der Waals surface area (Å²) in [6.45, 7) is 3.52. The zero-order valence-corrected chi connectivity index (χ0v) is 16.0. The standard InChI is InChI=1S/C18H23ClN4OS/c1-13-5-10-16(25-13)12-22-18(20-2)21-11-3-4-17(24)23-15-8-6-14(19)7-9-15/h5-10H,3-4,11-12H2,1-2H3,(H,23,24)(H2,20,21,22). The van der Waals surface area contributed by atoms with E-state index in [4.69, 9.17) is 11.6 Å². The van der Waals surface area contributed by atoms with E-state index in [2.05, 4.69) is 40.0 Å². The first kappa shape index (κ1) is 19.3. The van der Waals surface area contributed by atoms with Gasteiger partial charge in [-0.1, -0.05) is 11.6 Å². The average Bonchev–Trinajstić information content (AvgIpc) is 3.02. The number of nitrogens with zero attached hydrogens (tertiary/aromatic N) is 1. The Balaban J connectivity index is 1.63. The number of carbonyl (C=O) groups excluding carboxylic acids is 1. The summed E-state index contributed by atoms with van der Waals surface area (Å²) in [5.74, 6) is 0.727. The normalized spacial score (nSPS) is 11.2. The number of nitrogens with one attached hydrogen (secondary N) is 3. The van der Waals surface area contributed by atoms with Crippen molar-refractivity contribution in [1.29, 1.82) is 0 Å². The minimum absolute atomic E-state index is 0.0128. The van der Waals surface area contributed by atoms with E-state index in [0.29, 0.717) is 18.0 Å². The molecule has 0 saturated heterocycles. The lowest BCUT2D eigenvalue weighted by Crippen LogP contribution is -2.37. The zero-order chi connectivity index (χ0) is 18.1. The van der Waals surface area contributed by atoms with Crippen LogP contribution >= 0.6 is 22.9 Å². The maximum absolute atomic E-state index is 11.9. The Morgan fingerprint density at radius 1 is 1.16 bits per heavy atom. The van der Waals surface area contributed by atoms with Crippen molar-refractivity contribution < 1.29 is 4.79 Å². The molecule has 0 fully saturated rings. The lowest BCUT2D eigenvalue weighted by molar-refractivity contribution is -0.116. The monoisotopic (exact) mass is 378 g/mol. The number of anilines is 1. The Labute approximate surface area is 157 Å². The fraction of sp³-hybridized carbons (Fsp3) is 0.333. The smallest absolute Gasteiger partial charge is 0.224 e. The first-order valence-electron chi connectivity index (χ1n) is 8.12. The number of rotatable bonds is 7. The Morgan fingerprint density at radius 3 is 2.56 bits per heavy atom. The molecule has 2 rings (SSSR count). The van der Waals surface area contributed by atoms with Gasteiger partial charge in [-0.3, -0.25) is 9.79 Å². The molecule has 0 aliphatic rings. The summed E-state index contributed by atoms with van der Waals surface area (Å²) in [6, 6.07) is 11.3. The van der Waals surface area contributed by atoms with Crippen molar-refractivity contribution in [2.24, 2.45) is 4.99 Å². The molecule has 25 heavy (non-hydrogen) atoms. The third-order valence-corrected chi connectivity index (χ3v) is 4.70. The molecule has 1 heterocycles. The summed E-state index contributed by atoms with van der Waals surface area (Å²) in [5.41, 5.74) is 0.756. The highest BCUT2D eigenvalue weighted by atomic mass is 35.5. The van der Waals surface area contributed by atoms with Crippen LogP contribution in [0.2, 0.25) is 5.02 Å². The van der Waals surface area contributed by atoms with Crippen LogP contribution in [0, 0.1) is 6.92 Å². The highest BCUT2D eigenvalue weighted by Crippen LogP contribution is 2.14. The van der Waals surface area contributed by atoms with Gasteiger partial charge in [-0.2, -0.15) is 0 Å². The number of halogens is 1. The lowest BCUT2D eigenvalue weighted by atomic mass is 10.2. The van der Waals surface area contributed by atoms with Gasteiger partial charge in [0, 0.05) is 40.5 Å². The molecule has 1 amide bonds. The van der Waals surface area contributed by atoms with Gasteiger partial charge in [0.25, 0.3) is 0 Å². The number of guanidine groups is 1. The molecule has 1 aromatic carbocycles. The summed E-state index contributed by atoms with van der Waals surface area (Å²) >= 11 is 7.59. The minimum Gasteiger partial charge on any atom is -0.356 e. The van der Waals surface area contributed by atoms with E-state index in [1.807, 2.05) is 0 Å². The molecule has 7 heteroatoms. The number of aliphatic imine (C=N–C) groups is 1. The molecule has 0 aliphatic heterocycles. The molecule has 134 valence electrons. The quantitative estimate of drug-likeness (QED) is 0.390. The van der Waals surface area contributed by atoms with E-state index in [0.717, 1.165) is 24.6 Å². The second kappa shape index (κ2) is 10.1. The van der Waals surface area contributed by atoms with Crippen LogP contribution in [0.3, 0.4) is 0 Å². The van der Waals surface area contributed by atoms with Crippen LogP contribution in [0.15, 0.2) is 41.4 Å². The number of amides is 1. The minimum atomic E-state index is -0.0128. The van der Waals surface area contributed by atoms with E-state index >= 15 is 0 Å². The molecule has 1 aromatic heterocycles. The summed E-state index contributed by atoms with van der Waals surface area (Å²) in [5, 5.41) is 9.99. The Hall–Kier alpha value is -2.05. The van der Waals surface area contributed by atoms with E-state index < -0.39 is 0 Å². The van der Waals surface area contributed by atoms with Gasteiger partial charge in [-0.25, -0.2) is 0 Å².